The molecular weight excluding hydrogens is 234 g/mol. The molecule has 0 amide bonds. The molecule has 3 N–H and O–H groups in total. The molecule has 84 valence electrons. The lowest BCUT2D eigenvalue weighted by Crippen LogP contribution is -2.06. The van der Waals surface area contributed by atoms with Gasteiger partial charge in [-0.3, -0.25) is 9.35 Å². The van der Waals surface area contributed by atoms with Crippen molar-refractivity contribution < 1.29 is 18.1 Å². The Bertz CT molecular complexity index is 716. The summed E-state index contributed by atoms with van der Waals surface area (Å²) in [6, 6.07) is 5.01. The molecule has 0 aliphatic carbocycles. The van der Waals surface area contributed by atoms with Crippen molar-refractivity contribution in [2.24, 2.45) is 0 Å². The van der Waals surface area contributed by atoms with Crippen molar-refractivity contribution in [3.05, 3.63) is 34.6 Å². The van der Waals surface area contributed by atoms with Gasteiger partial charge >= 0.3 is 0 Å². The summed E-state index contributed by atoms with van der Waals surface area (Å²) in [6.45, 7) is 0. The molecule has 16 heavy (non-hydrogen) atoms. The summed E-state index contributed by atoms with van der Waals surface area (Å²) < 4.78 is 31.0. The van der Waals surface area contributed by atoms with Crippen molar-refractivity contribution in [2.75, 3.05) is 0 Å². The largest absolute Gasteiger partial charge is 0.503 e. The van der Waals surface area contributed by atoms with E-state index in [0.717, 1.165) is 6.07 Å². The Kier molecular flexibility index (Phi) is 2.21. The Morgan fingerprint density at radius 2 is 1.94 bits per heavy atom. The van der Waals surface area contributed by atoms with Crippen LogP contribution in [0.5, 0.6) is 5.75 Å². The molecule has 0 spiro atoms. The minimum atomic E-state index is -4.39. The zero-order valence-corrected chi connectivity index (χ0v) is 8.65. The lowest BCUT2D eigenvalue weighted by molar-refractivity contribution is 0.468. The van der Waals surface area contributed by atoms with E-state index in [1.165, 1.54) is 18.2 Å². The maximum atomic E-state index is 11.1. The van der Waals surface area contributed by atoms with Gasteiger partial charge < -0.3 is 10.1 Å². The molecule has 0 atom stereocenters. The van der Waals surface area contributed by atoms with Crippen molar-refractivity contribution in [1.29, 1.82) is 0 Å². The molecule has 2 aromatic rings. The van der Waals surface area contributed by atoms with E-state index in [1.807, 2.05) is 0 Å². The summed E-state index contributed by atoms with van der Waals surface area (Å²) in [6.07, 6.45) is 0. The minimum absolute atomic E-state index is 0.0575. The van der Waals surface area contributed by atoms with Crippen LogP contribution >= 0.6 is 0 Å². The topological polar surface area (TPSA) is 107 Å². The van der Waals surface area contributed by atoms with Gasteiger partial charge in [0.2, 0.25) is 0 Å². The molecule has 2 rings (SSSR count). The standard InChI is InChI=1S/C9H7NO5S/c11-7-4-5-6(10-9(7)12)2-1-3-8(5)16(13,14)15/h1-4,11H,(H,10,12)(H,13,14,15). The Hall–Kier alpha value is -1.86. The highest BCUT2D eigenvalue weighted by Crippen LogP contribution is 2.22. The fourth-order valence-corrected chi connectivity index (χ4v) is 2.11. The predicted molar refractivity (Wildman–Crippen MR) is 56.0 cm³/mol. The third-order valence-electron chi connectivity index (χ3n) is 2.11. The van der Waals surface area contributed by atoms with E-state index in [-0.39, 0.29) is 15.8 Å². The van der Waals surface area contributed by atoms with Gasteiger partial charge in [-0.25, -0.2) is 0 Å². The normalized spacial score (nSPS) is 11.8. The van der Waals surface area contributed by atoms with Gasteiger partial charge in [-0.2, -0.15) is 8.42 Å². The molecule has 0 fully saturated rings. The fourth-order valence-electron chi connectivity index (χ4n) is 1.42. The molecule has 1 aromatic heterocycles. The maximum Gasteiger partial charge on any atom is 0.295 e. The number of aromatic amines is 1. The molecule has 0 radical (unpaired) electrons. The van der Waals surface area contributed by atoms with Crippen molar-refractivity contribution >= 4 is 21.0 Å². The lowest BCUT2D eigenvalue weighted by atomic mass is 10.2. The molecule has 6 nitrogen and oxygen atoms in total. The highest BCUT2D eigenvalue weighted by atomic mass is 32.2. The second kappa shape index (κ2) is 3.32. The van der Waals surface area contributed by atoms with Gasteiger partial charge in [0.1, 0.15) is 4.90 Å². The third-order valence-corrected chi connectivity index (χ3v) is 3.02. The Balaban J connectivity index is 2.99. The van der Waals surface area contributed by atoms with E-state index in [9.17, 15) is 18.3 Å². The number of H-pyrrole nitrogens is 1. The van der Waals surface area contributed by atoms with Gasteiger partial charge in [0.05, 0.1) is 0 Å². The highest BCUT2D eigenvalue weighted by molar-refractivity contribution is 7.86. The average molecular weight is 241 g/mol. The number of rotatable bonds is 1. The van der Waals surface area contributed by atoms with Crippen LogP contribution in [0.2, 0.25) is 0 Å². The SMILES string of the molecule is O=c1[nH]c2cccc(S(=O)(=O)O)c2cc1O. The first-order valence-electron chi connectivity index (χ1n) is 4.22. The molecule has 0 saturated heterocycles. The third kappa shape index (κ3) is 1.66. The molecule has 7 heteroatoms. The smallest absolute Gasteiger partial charge is 0.295 e. The van der Waals surface area contributed by atoms with E-state index in [0.29, 0.717) is 0 Å². The summed E-state index contributed by atoms with van der Waals surface area (Å²) in [5.41, 5.74) is -0.502. The number of aromatic hydroxyl groups is 1. The van der Waals surface area contributed by atoms with Gasteiger partial charge in [-0.05, 0) is 18.2 Å². The Labute approximate surface area is 89.9 Å². The van der Waals surface area contributed by atoms with Gasteiger partial charge in [0, 0.05) is 10.9 Å². The number of pyridine rings is 1. The second-order valence-electron chi connectivity index (χ2n) is 3.18. The Morgan fingerprint density at radius 1 is 1.25 bits per heavy atom. The quantitative estimate of drug-likeness (QED) is 0.629. The van der Waals surface area contributed by atoms with Gasteiger partial charge in [0.15, 0.2) is 5.75 Å². The molecule has 0 bridgehead atoms. The molecule has 1 aromatic carbocycles. The predicted octanol–water partition coefficient (Wildman–Crippen LogP) is 0.480. The highest BCUT2D eigenvalue weighted by Gasteiger charge is 2.14. The average Bonchev–Trinajstić information content (AvgIpc) is 2.17. The molecule has 1 heterocycles. The summed E-state index contributed by atoms with van der Waals surface area (Å²) in [7, 11) is -4.39. The summed E-state index contributed by atoms with van der Waals surface area (Å²) in [5, 5.41) is 9.24. The van der Waals surface area contributed by atoms with Crippen molar-refractivity contribution in [3.8, 4) is 5.75 Å². The van der Waals surface area contributed by atoms with Crippen LogP contribution in [-0.4, -0.2) is 23.1 Å². The molecule has 0 aliphatic heterocycles. The summed E-state index contributed by atoms with van der Waals surface area (Å²) >= 11 is 0. The number of fused-ring (bicyclic) bond motifs is 1. The van der Waals surface area contributed by atoms with Gasteiger partial charge in [-0.15, -0.1) is 0 Å². The van der Waals surface area contributed by atoms with E-state index in [2.05, 4.69) is 4.98 Å². The summed E-state index contributed by atoms with van der Waals surface area (Å²) in [4.78, 5) is 13.0. The first kappa shape index (κ1) is 10.7. The lowest BCUT2D eigenvalue weighted by Gasteiger charge is -2.03. The number of benzene rings is 1. The number of nitrogens with one attached hydrogen (secondary N) is 1. The van der Waals surface area contributed by atoms with Crippen LogP contribution in [0.4, 0.5) is 0 Å². The van der Waals surface area contributed by atoms with E-state index in [1.54, 1.807) is 0 Å². The minimum Gasteiger partial charge on any atom is -0.503 e. The van der Waals surface area contributed by atoms with Crippen LogP contribution in [0, 0.1) is 0 Å². The van der Waals surface area contributed by atoms with Crippen LogP contribution in [-0.2, 0) is 10.1 Å². The van der Waals surface area contributed by atoms with Gasteiger partial charge in [-0.1, -0.05) is 6.07 Å². The number of aromatic nitrogens is 1. The molecule has 0 unspecified atom stereocenters. The van der Waals surface area contributed by atoms with Crippen LogP contribution in [0.15, 0.2) is 34.0 Å². The summed E-state index contributed by atoms with van der Waals surface area (Å²) in [5.74, 6) is -0.608. The first-order chi connectivity index (χ1) is 7.39. The van der Waals surface area contributed by atoms with Crippen LogP contribution in [0.1, 0.15) is 0 Å². The number of hydrogen-bond donors (Lipinski definition) is 3. The van der Waals surface area contributed by atoms with E-state index >= 15 is 0 Å². The fraction of sp³-hybridized carbons (Fsp3) is 0. The van der Waals surface area contributed by atoms with E-state index < -0.39 is 21.4 Å². The zero-order chi connectivity index (χ0) is 11.9. The number of hydrogen-bond acceptors (Lipinski definition) is 4. The monoisotopic (exact) mass is 241 g/mol. The maximum absolute atomic E-state index is 11.1. The van der Waals surface area contributed by atoms with Crippen LogP contribution in [0.3, 0.4) is 0 Å². The second-order valence-corrected chi connectivity index (χ2v) is 4.57. The Morgan fingerprint density at radius 3 is 2.56 bits per heavy atom. The molecular formula is C9H7NO5S. The molecule has 0 saturated carbocycles. The molecule has 0 aliphatic rings. The van der Waals surface area contributed by atoms with Crippen LogP contribution < -0.4 is 5.56 Å². The van der Waals surface area contributed by atoms with Crippen molar-refractivity contribution in [2.45, 2.75) is 4.90 Å². The first-order valence-corrected chi connectivity index (χ1v) is 5.66. The van der Waals surface area contributed by atoms with Gasteiger partial charge in [0.25, 0.3) is 15.7 Å². The zero-order valence-electron chi connectivity index (χ0n) is 7.84. The van der Waals surface area contributed by atoms with E-state index in [4.69, 9.17) is 4.55 Å². The van der Waals surface area contributed by atoms with Crippen LogP contribution in [0.25, 0.3) is 10.9 Å². The van der Waals surface area contributed by atoms with Crippen molar-refractivity contribution in [1.82, 2.24) is 4.98 Å². The van der Waals surface area contributed by atoms with Crippen molar-refractivity contribution in [3.63, 3.8) is 0 Å².